The number of hydrogen-bond acceptors (Lipinski definition) is 4. The minimum atomic E-state index is -3.59. The second-order valence-corrected chi connectivity index (χ2v) is 9.10. The molecule has 0 atom stereocenters. The smallest absolute Gasteiger partial charge is 0.241 e. The van der Waals surface area contributed by atoms with Crippen LogP contribution in [0.2, 0.25) is 0 Å². The van der Waals surface area contributed by atoms with Crippen LogP contribution < -0.4 is 15.4 Å². The number of amides is 1. The lowest BCUT2D eigenvalue weighted by atomic mass is 10.1. The molecule has 0 aliphatic heterocycles. The zero-order valence-electron chi connectivity index (χ0n) is 16.2. The van der Waals surface area contributed by atoms with Crippen LogP contribution in [0.1, 0.15) is 38.8 Å². The molecule has 2 aromatic carbocycles. The van der Waals surface area contributed by atoms with Gasteiger partial charge in [0.15, 0.2) is 0 Å². The summed E-state index contributed by atoms with van der Waals surface area (Å²) in [5, 5.41) is 6.00. The maximum Gasteiger partial charge on any atom is 0.241 e. The molecule has 2 rings (SSSR count). The molecule has 0 aliphatic rings. The van der Waals surface area contributed by atoms with E-state index in [0.717, 1.165) is 11.3 Å². The van der Waals surface area contributed by atoms with Crippen LogP contribution in [0, 0.1) is 0 Å². The first kappa shape index (κ1) is 21.1. The lowest BCUT2D eigenvalue weighted by Crippen LogP contribution is -2.40. The number of rotatable bonds is 7. The normalized spacial score (nSPS) is 12.0. The van der Waals surface area contributed by atoms with Crippen molar-refractivity contribution in [1.29, 1.82) is 0 Å². The van der Waals surface area contributed by atoms with Gasteiger partial charge in [-0.2, -0.15) is 0 Å². The van der Waals surface area contributed by atoms with Gasteiger partial charge in [0.2, 0.25) is 15.9 Å². The van der Waals surface area contributed by atoms with E-state index in [-0.39, 0.29) is 10.8 Å². The third-order valence-corrected chi connectivity index (χ3v) is 5.48. The molecule has 0 saturated carbocycles. The van der Waals surface area contributed by atoms with Crippen LogP contribution in [0.5, 0.6) is 0 Å². The second-order valence-electron chi connectivity index (χ2n) is 7.44. The SMILES string of the molecule is CC(=O)Nc1ccc(CNCc2ccccc2S(=O)(=O)NC(C)(C)C)cc1. The minimum absolute atomic E-state index is 0.109. The summed E-state index contributed by atoms with van der Waals surface area (Å²) < 4.78 is 28.0. The van der Waals surface area contributed by atoms with Crippen LogP contribution in [0.25, 0.3) is 0 Å². The number of benzene rings is 2. The fourth-order valence-electron chi connectivity index (χ4n) is 2.62. The predicted molar refractivity (Wildman–Crippen MR) is 108 cm³/mol. The third kappa shape index (κ3) is 6.78. The summed E-state index contributed by atoms with van der Waals surface area (Å²) >= 11 is 0. The van der Waals surface area contributed by atoms with E-state index in [1.54, 1.807) is 12.1 Å². The standard InChI is InChI=1S/C20H27N3O3S/c1-15(24)22-18-11-9-16(10-12-18)13-21-14-17-7-5-6-8-19(17)27(25,26)23-20(2,3)4/h5-12,21,23H,13-14H2,1-4H3,(H,22,24). The van der Waals surface area contributed by atoms with E-state index in [1.165, 1.54) is 6.92 Å². The van der Waals surface area contributed by atoms with Gasteiger partial charge >= 0.3 is 0 Å². The van der Waals surface area contributed by atoms with Crippen LogP contribution in [0.4, 0.5) is 5.69 Å². The van der Waals surface area contributed by atoms with Gasteiger partial charge in [0, 0.05) is 31.2 Å². The van der Waals surface area contributed by atoms with Crippen LogP contribution in [-0.4, -0.2) is 19.9 Å². The Bertz CT molecular complexity index is 885. The molecule has 1 amide bonds. The number of anilines is 1. The van der Waals surface area contributed by atoms with E-state index >= 15 is 0 Å². The molecule has 0 spiro atoms. The minimum Gasteiger partial charge on any atom is -0.326 e. The molecule has 146 valence electrons. The first-order valence-electron chi connectivity index (χ1n) is 8.76. The lowest BCUT2D eigenvalue weighted by Gasteiger charge is -2.21. The summed E-state index contributed by atoms with van der Waals surface area (Å²) in [6.45, 7) is 7.92. The van der Waals surface area contributed by atoms with Crippen molar-refractivity contribution in [3.8, 4) is 0 Å². The number of carbonyl (C=O) groups excluding carboxylic acids is 1. The lowest BCUT2D eigenvalue weighted by molar-refractivity contribution is -0.114. The molecule has 0 aromatic heterocycles. The molecule has 0 bridgehead atoms. The number of hydrogen-bond donors (Lipinski definition) is 3. The molecule has 0 saturated heterocycles. The average molecular weight is 390 g/mol. The van der Waals surface area contributed by atoms with E-state index in [2.05, 4.69) is 15.4 Å². The largest absolute Gasteiger partial charge is 0.326 e. The Morgan fingerprint density at radius 3 is 2.19 bits per heavy atom. The molecule has 3 N–H and O–H groups in total. The van der Waals surface area contributed by atoms with Gasteiger partial charge in [-0.05, 0) is 50.1 Å². The molecule has 0 radical (unpaired) electrons. The molecule has 0 heterocycles. The molecule has 0 unspecified atom stereocenters. The van der Waals surface area contributed by atoms with Crippen molar-refractivity contribution in [2.24, 2.45) is 0 Å². The third-order valence-electron chi connectivity index (χ3n) is 3.62. The van der Waals surface area contributed by atoms with Gasteiger partial charge in [0.1, 0.15) is 0 Å². The number of nitrogens with one attached hydrogen (secondary N) is 3. The highest BCUT2D eigenvalue weighted by Crippen LogP contribution is 2.18. The molecular formula is C20H27N3O3S. The van der Waals surface area contributed by atoms with Gasteiger partial charge in [0.25, 0.3) is 0 Å². The van der Waals surface area contributed by atoms with Crippen LogP contribution in [0.3, 0.4) is 0 Å². The molecule has 0 fully saturated rings. The maximum absolute atomic E-state index is 12.7. The van der Waals surface area contributed by atoms with Crippen molar-refractivity contribution >= 4 is 21.6 Å². The summed E-state index contributed by atoms with van der Waals surface area (Å²) in [6.07, 6.45) is 0. The van der Waals surface area contributed by atoms with Crippen molar-refractivity contribution in [3.05, 3.63) is 59.7 Å². The predicted octanol–water partition coefficient (Wildman–Crippen LogP) is 3.01. The van der Waals surface area contributed by atoms with Crippen molar-refractivity contribution in [2.45, 2.75) is 51.2 Å². The van der Waals surface area contributed by atoms with E-state index in [9.17, 15) is 13.2 Å². The molecule has 6 nitrogen and oxygen atoms in total. The Morgan fingerprint density at radius 1 is 0.963 bits per heavy atom. The molecule has 2 aromatic rings. The monoisotopic (exact) mass is 389 g/mol. The molecule has 27 heavy (non-hydrogen) atoms. The second kappa shape index (κ2) is 8.65. The summed E-state index contributed by atoms with van der Waals surface area (Å²) in [6, 6.07) is 14.5. The summed E-state index contributed by atoms with van der Waals surface area (Å²) in [5.41, 5.74) is 1.95. The van der Waals surface area contributed by atoms with Crippen molar-refractivity contribution in [1.82, 2.24) is 10.0 Å². The number of carbonyl (C=O) groups is 1. The van der Waals surface area contributed by atoms with E-state index < -0.39 is 15.6 Å². The zero-order valence-corrected chi connectivity index (χ0v) is 17.0. The highest BCUT2D eigenvalue weighted by Gasteiger charge is 2.23. The highest BCUT2D eigenvalue weighted by molar-refractivity contribution is 7.89. The van der Waals surface area contributed by atoms with Crippen molar-refractivity contribution < 1.29 is 13.2 Å². The first-order chi connectivity index (χ1) is 12.6. The topological polar surface area (TPSA) is 87.3 Å². The summed E-state index contributed by atoms with van der Waals surface area (Å²) in [5.74, 6) is -0.109. The van der Waals surface area contributed by atoms with Gasteiger partial charge in [-0.15, -0.1) is 0 Å². The zero-order chi connectivity index (χ0) is 20.1. The van der Waals surface area contributed by atoms with E-state index in [0.29, 0.717) is 18.7 Å². The number of sulfonamides is 1. The molecular weight excluding hydrogens is 362 g/mol. The van der Waals surface area contributed by atoms with Crippen LogP contribution >= 0.6 is 0 Å². The Hall–Kier alpha value is -2.22. The van der Waals surface area contributed by atoms with Crippen molar-refractivity contribution in [3.63, 3.8) is 0 Å². The van der Waals surface area contributed by atoms with E-state index in [4.69, 9.17) is 0 Å². The van der Waals surface area contributed by atoms with Gasteiger partial charge in [0.05, 0.1) is 4.90 Å². The Kier molecular flexibility index (Phi) is 6.75. The van der Waals surface area contributed by atoms with Gasteiger partial charge in [-0.25, -0.2) is 13.1 Å². The summed E-state index contributed by atoms with van der Waals surface area (Å²) in [7, 11) is -3.59. The quantitative estimate of drug-likeness (QED) is 0.679. The fraction of sp³-hybridized carbons (Fsp3) is 0.350. The Labute approximate surface area is 161 Å². The molecule has 7 heteroatoms. The Balaban J connectivity index is 2.03. The van der Waals surface area contributed by atoms with Gasteiger partial charge in [-0.3, -0.25) is 4.79 Å². The van der Waals surface area contributed by atoms with E-state index in [1.807, 2.05) is 57.2 Å². The molecule has 0 aliphatic carbocycles. The fourth-order valence-corrected chi connectivity index (χ4v) is 4.28. The van der Waals surface area contributed by atoms with Crippen LogP contribution in [0.15, 0.2) is 53.4 Å². The average Bonchev–Trinajstić information content (AvgIpc) is 2.54. The first-order valence-corrected chi connectivity index (χ1v) is 10.2. The summed E-state index contributed by atoms with van der Waals surface area (Å²) in [4.78, 5) is 11.3. The Morgan fingerprint density at radius 2 is 1.59 bits per heavy atom. The maximum atomic E-state index is 12.7. The van der Waals surface area contributed by atoms with Gasteiger partial charge in [-0.1, -0.05) is 30.3 Å². The van der Waals surface area contributed by atoms with Crippen LogP contribution in [-0.2, 0) is 27.9 Å². The van der Waals surface area contributed by atoms with Gasteiger partial charge < -0.3 is 10.6 Å². The highest BCUT2D eigenvalue weighted by atomic mass is 32.2. The van der Waals surface area contributed by atoms with Crippen molar-refractivity contribution in [2.75, 3.05) is 5.32 Å².